The fraction of sp³-hybridized carbons (Fsp3) is 0.462. The van der Waals surface area contributed by atoms with E-state index in [0.29, 0.717) is 16.1 Å². The molecule has 1 aliphatic heterocycles. The van der Waals surface area contributed by atoms with Crippen LogP contribution >= 0.6 is 15.9 Å². The zero-order valence-corrected chi connectivity index (χ0v) is 12.6. The minimum absolute atomic E-state index is 0.0943. The Hall–Kier alpha value is -1.47. The van der Waals surface area contributed by atoms with Gasteiger partial charge in [0.2, 0.25) is 0 Å². The number of nitro groups is 1. The van der Waals surface area contributed by atoms with Crippen LogP contribution < -0.4 is 10.6 Å². The molecule has 2 rings (SSSR count). The molecule has 1 heterocycles. The molecule has 6 nitrogen and oxygen atoms in total. The van der Waals surface area contributed by atoms with E-state index in [9.17, 15) is 14.9 Å². The summed E-state index contributed by atoms with van der Waals surface area (Å²) >= 11 is 3.19. The Bertz CT molecular complexity index is 536. The van der Waals surface area contributed by atoms with Crippen molar-refractivity contribution >= 4 is 27.5 Å². The summed E-state index contributed by atoms with van der Waals surface area (Å²) in [7, 11) is 0. The van der Waals surface area contributed by atoms with Crippen molar-refractivity contribution in [1.82, 2.24) is 10.6 Å². The highest BCUT2D eigenvalue weighted by Gasteiger charge is 2.21. The Morgan fingerprint density at radius 1 is 1.50 bits per heavy atom. The van der Waals surface area contributed by atoms with Crippen molar-refractivity contribution in [3.05, 3.63) is 38.3 Å². The van der Waals surface area contributed by atoms with Gasteiger partial charge in [-0.2, -0.15) is 0 Å². The number of rotatable bonds is 3. The quantitative estimate of drug-likeness (QED) is 0.652. The third-order valence-electron chi connectivity index (χ3n) is 3.31. The summed E-state index contributed by atoms with van der Waals surface area (Å²) in [6.45, 7) is 2.94. The maximum absolute atomic E-state index is 12.2. The molecule has 0 radical (unpaired) electrons. The van der Waals surface area contributed by atoms with Gasteiger partial charge in [0, 0.05) is 34.3 Å². The predicted molar refractivity (Wildman–Crippen MR) is 78.7 cm³/mol. The summed E-state index contributed by atoms with van der Waals surface area (Å²) < 4.78 is 0.524. The Labute approximate surface area is 125 Å². The van der Waals surface area contributed by atoms with Gasteiger partial charge in [0.25, 0.3) is 11.6 Å². The zero-order valence-electron chi connectivity index (χ0n) is 11.1. The molecule has 1 fully saturated rings. The maximum Gasteiger partial charge on any atom is 0.271 e. The predicted octanol–water partition coefficient (Wildman–Crippen LogP) is 2.23. The van der Waals surface area contributed by atoms with E-state index in [0.717, 1.165) is 19.4 Å². The van der Waals surface area contributed by atoms with Crippen molar-refractivity contribution in [3.8, 4) is 0 Å². The lowest BCUT2D eigenvalue weighted by Crippen LogP contribution is -2.46. The second-order valence-electron chi connectivity index (χ2n) is 5.01. The molecule has 1 saturated heterocycles. The van der Waals surface area contributed by atoms with Crippen LogP contribution in [0.4, 0.5) is 5.69 Å². The molecule has 7 heteroatoms. The molecule has 1 aromatic rings. The molecular weight excluding hydrogens is 326 g/mol. The first kappa shape index (κ1) is 14.9. The van der Waals surface area contributed by atoms with Crippen LogP contribution in [0, 0.1) is 10.1 Å². The van der Waals surface area contributed by atoms with Gasteiger partial charge in [0.1, 0.15) is 0 Å². The van der Waals surface area contributed by atoms with E-state index >= 15 is 0 Å². The number of amides is 1. The Morgan fingerprint density at radius 2 is 2.25 bits per heavy atom. The summed E-state index contributed by atoms with van der Waals surface area (Å²) in [4.78, 5) is 22.5. The number of carbonyl (C=O) groups is 1. The second-order valence-corrected chi connectivity index (χ2v) is 5.92. The molecule has 0 aliphatic carbocycles. The molecule has 0 bridgehead atoms. The van der Waals surface area contributed by atoms with Gasteiger partial charge in [-0.15, -0.1) is 0 Å². The number of nitrogens with zero attached hydrogens (tertiary/aromatic N) is 1. The number of nitrogens with one attached hydrogen (secondary N) is 2. The third-order valence-corrected chi connectivity index (χ3v) is 3.77. The first-order chi connectivity index (χ1) is 9.45. The Morgan fingerprint density at radius 3 is 2.90 bits per heavy atom. The molecule has 1 aliphatic rings. The molecule has 1 amide bonds. The van der Waals surface area contributed by atoms with Crippen molar-refractivity contribution < 1.29 is 9.72 Å². The first-order valence-corrected chi connectivity index (χ1v) is 7.24. The van der Waals surface area contributed by atoms with Crippen LogP contribution in [0.1, 0.15) is 30.1 Å². The van der Waals surface area contributed by atoms with E-state index in [-0.39, 0.29) is 17.6 Å². The van der Waals surface area contributed by atoms with Gasteiger partial charge in [0.05, 0.1) is 4.92 Å². The van der Waals surface area contributed by atoms with Gasteiger partial charge < -0.3 is 10.6 Å². The average molecular weight is 342 g/mol. The van der Waals surface area contributed by atoms with Crippen LogP contribution in [0.15, 0.2) is 22.7 Å². The highest BCUT2D eigenvalue weighted by molar-refractivity contribution is 9.10. The van der Waals surface area contributed by atoms with E-state index in [2.05, 4.69) is 33.5 Å². The van der Waals surface area contributed by atoms with Crippen LogP contribution in [0.2, 0.25) is 0 Å². The van der Waals surface area contributed by atoms with E-state index in [4.69, 9.17) is 0 Å². The van der Waals surface area contributed by atoms with Crippen LogP contribution in [0.5, 0.6) is 0 Å². The smallest absolute Gasteiger partial charge is 0.271 e. The number of hydrogen-bond acceptors (Lipinski definition) is 4. The van der Waals surface area contributed by atoms with Gasteiger partial charge in [-0.05, 0) is 32.4 Å². The lowest BCUT2D eigenvalue weighted by Gasteiger charge is -2.28. The summed E-state index contributed by atoms with van der Waals surface area (Å²) in [5.74, 6) is -0.270. The monoisotopic (exact) mass is 341 g/mol. The molecular formula is C13H16BrN3O3. The van der Waals surface area contributed by atoms with Gasteiger partial charge >= 0.3 is 0 Å². The lowest BCUT2D eigenvalue weighted by atomic mass is 10.0. The molecule has 20 heavy (non-hydrogen) atoms. The molecule has 0 spiro atoms. The van der Waals surface area contributed by atoms with E-state index < -0.39 is 4.92 Å². The molecule has 108 valence electrons. The van der Waals surface area contributed by atoms with Gasteiger partial charge in [-0.25, -0.2) is 0 Å². The summed E-state index contributed by atoms with van der Waals surface area (Å²) in [6, 6.07) is 4.74. The number of halogens is 1. The van der Waals surface area contributed by atoms with E-state index in [1.54, 1.807) is 6.07 Å². The lowest BCUT2D eigenvalue weighted by molar-refractivity contribution is -0.385. The molecule has 1 aromatic carbocycles. The molecule has 0 saturated carbocycles. The minimum Gasteiger partial charge on any atom is -0.349 e. The number of benzene rings is 1. The number of piperidine rings is 1. The van der Waals surface area contributed by atoms with E-state index in [1.165, 1.54) is 12.1 Å². The van der Waals surface area contributed by atoms with Crippen molar-refractivity contribution in [2.45, 2.75) is 31.8 Å². The summed E-state index contributed by atoms with van der Waals surface area (Å²) in [5, 5.41) is 17.1. The number of non-ortho nitro benzene ring substituents is 1. The van der Waals surface area contributed by atoms with Crippen LogP contribution in [-0.4, -0.2) is 29.5 Å². The van der Waals surface area contributed by atoms with Crippen molar-refractivity contribution in [3.63, 3.8) is 0 Å². The van der Waals surface area contributed by atoms with Crippen molar-refractivity contribution in [1.29, 1.82) is 0 Å². The molecule has 2 unspecified atom stereocenters. The maximum atomic E-state index is 12.2. The standard InChI is InChI=1S/C13H16BrN3O3/c1-8-4-11(2-3-15-8)16-13(18)9-5-10(14)7-12(6-9)17(19)20/h5-8,11,15H,2-4H2,1H3,(H,16,18). The van der Waals surface area contributed by atoms with Gasteiger partial charge in [-0.1, -0.05) is 15.9 Å². The fourth-order valence-corrected chi connectivity index (χ4v) is 2.82. The largest absolute Gasteiger partial charge is 0.349 e. The molecule has 2 N–H and O–H groups in total. The average Bonchev–Trinajstić information content (AvgIpc) is 2.37. The zero-order chi connectivity index (χ0) is 14.7. The highest BCUT2D eigenvalue weighted by atomic mass is 79.9. The Balaban J connectivity index is 2.10. The minimum atomic E-state index is -0.506. The van der Waals surface area contributed by atoms with Crippen LogP contribution in [0.25, 0.3) is 0 Å². The number of hydrogen-bond donors (Lipinski definition) is 2. The van der Waals surface area contributed by atoms with Crippen LogP contribution in [0.3, 0.4) is 0 Å². The summed E-state index contributed by atoms with van der Waals surface area (Å²) in [6.07, 6.45) is 1.73. The van der Waals surface area contributed by atoms with Gasteiger partial charge in [-0.3, -0.25) is 14.9 Å². The fourth-order valence-electron chi connectivity index (χ4n) is 2.34. The summed E-state index contributed by atoms with van der Waals surface area (Å²) in [5.41, 5.74) is 0.209. The number of carbonyl (C=O) groups excluding carboxylic acids is 1. The number of nitro benzene ring substituents is 1. The molecule has 0 aromatic heterocycles. The highest BCUT2D eigenvalue weighted by Crippen LogP contribution is 2.21. The van der Waals surface area contributed by atoms with Crippen molar-refractivity contribution in [2.75, 3.05) is 6.54 Å². The topological polar surface area (TPSA) is 84.3 Å². The van der Waals surface area contributed by atoms with E-state index in [1.807, 2.05) is 0 Å². The van der Waals surface area contributed by atoms with Crippen LogP contribution in [-0.2, 0) is 0 Å². The third kappa shape index (κ3) is 3.77. The SMILES string of the molecule is CC1CC(NC(=O)c2cc(Br)cc([N+](=O)[O-])c2)CCN1. The van der Waals surface area contributed by atoms with Gasteiger partial charge in [0.15, 0.2) is 0 Å². The normalized spacial score (nSPS) is 22.3. The molecule has 2 atom stereocenters. The first-order valence-electron chi connectivity index (χ1n) is 6.45. The second kappa shape index (κ2) is 6.32. The van der Waals surface area contributed by atoms with Crippen molar-refractivity contribution in [2.24, 2.45) is 0 Å². The Kier molecular flexibility index (Phi) is 4.72.